The molecule has 0 N–H and O–H groups in total. The Morgan fingerprint density at radius 1 is 0.929 bits per heavy atom. The molecule has 0 unspecified atom stereocenters. The summed E-state index contributed by atoms with van der Waals surface area (Å²) in [5.41, 5.74) is 4.00. The fourth-order valence-electron chi connectivity index (χ4n) is 1.18. The van der Waals surface area contributed by atoms with Crippen molar-refractivity contribution in [2.75, 3.05) is 0 Å². The van der Waals surface area contributed by atoms with E-state index in [0.29, 0.717) is 0 Å². The van der Waals surface area contributed by atoms with Crippen LogP contribution in [-0.4, -0.2) is 17.4 Å². The Balaban J connectivity index is 0.000000132. The van der Waals surface area contributed by atoms with E-state index in [-0.39, 0.29) is 17.4 Å². The number of aryl methyl sites for hydroxylation is 1. The molecule has 2 aliphatic carbocycles. The van der Waals surface area contributed by atoms with E-state index in [4.69, 9.17) is 0 Å². The van der Waals surface area contributed by atoms with Gasteiger partial charge in [0.15, 0.2) is 17.4 Å². The highest BCUT2D eigenvalue weighted by atomic mass is 27.0. The van der Waals surface area contributed by atoms with Gasteiger partial charge in [0.1, 0.15) is 0 Å². The minimum atomic E-state index is 0. The van der Waals surface area contributed by atoms with Crippen LogP contribution in [0.1, 0.15) is 5.56 Å². The van der Waals surface area contributed by atoms with Gasteiger partial charge in [0.25, 0.3) is 0 Å². The van der Waals surface area contributed by atoms with Crippen LogP contribution in [0.5, 0.6) is 0 Å². The molecule has 0 fully saturated rings. The van der Waals surface area contributed by atoms with E-state index in [1.54, 1.807) is 0 Å². The third-order valence-corrected chi connectivity index (χ3v) is 1.85. The molecule has 2 radical (unpaired) electrons. The fraction of sp³-hybridized carbons (Fsp3) is 0.0769. The van der Waals surface area contributed by atoms with Crippen LogP contribution in [0.3, 0.4) is 0 Å². The zero-order valence-electron chi connectivity index (χ0n) is 7.54. The summed E-state index contributed by atoms with van der Waals surface area (Å²) in [5.74, 6) is 0. The average molecular weight is 196 g/mol. The summed E-state index contributed by atoms with van der Waals surface area (Å²) in [6, 6.07) is 19.9. The Kier molecular flexibility index (Phi) is 3.95. The topological polar surface area (TPSA) is 0 Å². The highest BCUT2D eigenvalue weighted by Gasteiger charge is 2.11. The first-order valence-corrected chi connectivity index (χ1v) is 4.32. The molecule has 0 aliphatic heterocycles. The second-order valence-electron chi connectivity index (χ2n) is 3.06. The monoisotopic (exact) mass is 196 g/mol. The Morgan fingerprint density at radius 2 is 1.50 bits per heavy atom. The van der Waals surface area contributed by atoms with Gasteiger partial charge in [0.05, 0.1) is 0 Å². The molecular weight excluding hydrogens is 183 g/mol. The summed E-state index contributed by atoms with van der Waals surface area (Å²) in [4.78, 5) is 0. The maximum Gasteiger partial charge on any atom is 0.187 e. The van der Waals surface area contributed by atoms with Gasteiger partial charge < -0.3 is 0 Å². The first-order chi connectivity index (χ1) is 6.36. The third kappa shape index (κ3) is 3.03. The van der Waals surface area contributed by atoms with Gasteiger partial charge in [-0.1, -0.05) is 42.5 Å². The lowest BCUT2D eigenvalue weighted by atomic mass is 10.4. The van der Waals surface area contributed by atoms with E-state index < -0.39 is 0 Å². The van der Waals surface area contributed by atoms with Crippen LogP contribution in [0.2, 0.25) is 0 Å². The molecule has 0 saturated heterocycles. The Morgan fingerprint density at radius 3 is 1.71 bits per heavy atom. The SMILES string of the molecule is Cc1cc2[c]c-2c1.[AlH3].[c]1ccccc1. The highest BCUT2D eigenvalue weighted by molar-refractivity contribution is 5.80. The van der Waals surface area contributed by atoms with Gasteiger partial charge in [0, 0.05) is 0 Å². The van der Waals surface area contributed by atoms with Crippen LogP contribution in [0.4, 0.5) is 0 Å². The summed E-state index contributed by atoms with van der Waals surface area (Å²) in [7, 11) is 0. The Labute approximate surface area is 95.7 Å². The highest BCUT2D eigenvalue weighted by Crippen LogP contribution is 2.34. The molecule has 0 aromatic heterocycles. The summed E-state index contributed by atoms with van der Waals surface area (Å²) >= 11 is 0. The molecule has 0 spiro atoms. The minimum Gasteiger partial charge on any atom is -0.0622 e. The third-order valence-electron chi connectivity index (χ3n) is 1.85. The van der Waals surface area contributed by atoms with E-state index >= 15 is 0 Å². The van der Waals surface area contributed by atoms with Gasteiger partial charge in [-0.3, -0.25) is 0 Å². The number of fused-ring (bicyclic) bond motifs is 1. The fourth-order valence-corrected chi connectivity index (χ4v) is 1.18. The van der Waals surface area contributed by atoms with Crippen molar-refractivity contribution >= 4 is 17.4 Å². The summed E-state index contributed by atoms with van der Waals surface area (Å²) in [6.07, 6.45) is 0. The van der Waals surface area contributed by atoms with Crippen molar-refractivity contribution in [2.24, 2.45) is 0 Å². The van der Waals surface area contributed by atoms with Crippen molar-refractivity contribution in [1.82, 2.24) is 0 Å². The minimum absolute atomic E-state index is 0. The van der Waals surface area contributed by atoms with Gasteiger partial charge in [0.2, 0.25) is 0 Å². The molecule has 0 nitrogen and oxygen atoms in total. The lowest BCUT2D eigenvalue weighted by Crippen LogP contribution is -1.50. The Hall–Kier alpha value is -1.03. The molecule has 0 amide bonds. The predicted molar refractivity (Wildman–Crippen MR) is 64.2 cm³/mol. The number of benzene rings is 2. The van der Waals surface area contributed by atoms with Crippen LogP contribution in [-0.2, 0) is 0 Å². The summed E-state index contributed by atoms with van der Waals surface area (Å²) in [5, 5.41) is 0. The predicted octanol–water partition coefficient (Wildman–Crippen LogP) is 2.08. The van der Waals surface area contributed by atoms with Crippen molar-refractivity contribution < 1.29 is 0 Å². The van der Waals surface area contributed by atoms with Crippen molar-refractivity contribution in [3.05, 3.63) is 60.2 Å². The van der Waals surface area contributed by atoms with E-state index in [1.807, 2.05) is 30.3 Å². The molecule has 68 valence electrons. The van der Waals surface area contributed by atoms with Crippen LogP contribution >= 0.6 is 0 Å². The second-order valence-corrected chi connectivity index (χ2v) is 3.06. The molecule has 1 aromatic rings. The largest absolute Gasteiger partial charge is 0.187 e. The first kappa shape index (κ1) is 11.0. The molecule has 0 bridgehead atoms. The normalized spacial score (nSPS) is 9.21. The molecule has 0 saturated carbocycles. The van der Waals surface area contributed by atoms with Crippen molar-refractivity contribution in [1.29, 1.82) is 0 Å². The van der Waals surface area contributed by atoms with E-state index in [1.165, 1.54) is 16.7 Å². The average Bonchev–Trinajstić information content (AvgIpc) is 2.78. The molecule has 1 aromatic carbocycles. The smallest absolute Gasteiger partial charge is 0.0622 e. The van der Waals surface area contributed by atoms with E-state index in [2.05, 4.69) is 31.2 Å². The van der Waals surface area contributed by atoms with Gasteiger partial charge >= 0.3 is 0 Å². The van der Waals surface area contributed by atoms with Crippen molar-refractivity contribution in [2.45, 2.75) is 6.92 Å². The van der Waals surface area contributed by atoms with E-state index in [9.17, 15) is 0 Å². The van der Waals surface area contributed by atoms with Gasteiger partial charge in [-0.25, -0.2) is 0 Å². The van der Waals surface area contributed by atoms with Crippen LogP contribution < -0.4 is 0 Å². The Bertz CT molecular complexity index is 346. The quantitative estimate of drug-likeness (QED) is 0.483. The standard InChI is InChI=1S/C7H5.C6H5.Al.3H/c1-5-2-6-4-7(6)3-5;1-2-4-6-5-3-1;;;;/h2-3H,1H3;1-5H;;;;. The molecule has 2 aliphatic rings. The molecule has 1 heteroatoms. The molecule has 0 heterocycles. The summed E-state index contributed by atoms with van der Waals surface area (Å²) < 4.78 is 0. The van der Waals surface area contributed by atoms with Crippen molar-refractivity contribution in [3.8, 4) is 11.1 Å². The maximum absolute atomic E-state index is 3.10. The lowest BCUT2D eigenvalue weighted by molar-refractivity contribution is 1.55. The van der Waals surface area contributed by atoms with Gasteiger partial charge in [-0.05, 0) is 35.7 Å². The van der Waals surface area contributed by atoms with E-state index in [0.717, 1.165) is 0 Å². The summed E-state index contributed by atoms with van der Waals surface area (Å²) in [6.45, 7) is 2.10. The van der Waals surface area contributed by atoms with Gasteiger partial charge in [-0.15, -0.1) is 0 Å². The van der Waals surface area contributed by atoms with Crippen LogP contribution in [0, 0.1) is 19.1 Å². The molecule has 14 heavy (non-hydrogen) atoms. The molecule has 3 rings (SSSR count). The number of rotatable bonds is 0. The maximum atomic E-state index is 3.10. The number of hydrogen-bond donors (Lipinski definition) is 0. The zero-order valence-corrected chi connectivity index (χ0v) is 7.54. The molecular formula is C13H13Al. The van der Waals surface area contributed by atoms with Crippen LogP contribution in [0.15, 0.2) is 42.5 Å². The molecule has 0 atom stereocenters. The number of hydrogen-bond acceptors (Lipinski definition) is 0. The second kappa shape index (κ2) is 5.00. The van der Waals surface area contributed by atoms with Crippen LogP contribution in [0.25, 0.3) is 11.1 Å². The zero-order chi connectivity index (χ0) is 9.10. The van der Waals surface area contributed by atoms with Crippen molar-refractivity contribution in [3.63, 3.8) is 0 Å². The first-order valence-electron chi connectivity index (χ1n) is 4.32. The lowest BCUT2D eigenvalue weighted by Gasteiger charge is -1.69. The van der Waals surface area contributed by atoms with Gasteiger partial charge in [-0.2, -0.15) is 0 Å².